The lowest BCUT2D eigenvalue weighted by Crippen LogP contribution is -2.01. The van der Waals surface area contributed by atoms with E-state index < -0.39 is 0 Å². The van der Waals surface area contributed by atoms with Crippen LogP contribution in [0.1, 0.15) is 24.5 Å². The van der Waals surface area contributed by atoms with Crippen LogP contribution in [0.5, 0.6) is 0 Å². The van der Waals surface area contributed by atoms with Gasteiger partial charge in [0.2, 0.25) is 0 Å². The number of carbonyl (C=O) groups excluding carboxylic acids is 1. The van der Waals surface area contributed by atoms with Gasteiger partial charge in [0.25, 0.3) is 0 Å². The highest BCUT2D eigenvalue weighted by molar-refractivity contribution is 6.17. The Morgan fingerprint density at radius 2 is 2.19 bits per heavy atom. The van der Waals surface area contributed by atoms with Crippen LogP contribution in [0, 0.1) is 0 Å². The van der Waals surface area contributed by atoms with E-state index in [0.717, 1.165) is 11.1 Å². The van der Waals surface area contributed by atoms with Gasteiger partial charge in [-0.3, -0.25) is 4.79 Å². The maximum absolute atomic E-state index is 11.1. The largest absolute Gasteiger partial charge is 0.466 e. The van der Waals surface area contributed by atoms with E-state index in [1.807, 2.05) is 30.3 Å². The third-order valence-corrected chi connectivity index (χ3v) is 2.37. The highest BCUT2D eigenvalue weighted by Crippen LogP contribution is 2.13. The minimum absolute atomic E-state index is 0.206. The summed E-state index contributed by atoms with van der Waals surface area (Å²) < 4.78 is 4.82. The fourth-order valence-electron chi connectivity index (χ4n) is 1.32. The molecule has 0 saturated carbocycles. The molecule has 0 bridgehead atoms. The Bertz CT molecular complexity index is 372. The first-order valence-electron chi connectivity index (χ1n) is 5.24. The van der Waals surface area contributed by atoms with E-state index in [1.165, 1.54) is 0 Å². The summed E-state index contributed by atoms with van der Waals surface area (Å²) >= 11 is 5.80. The molecule has 0 heterocycles. The van der Waals surface area contributed by atoms with Crippen LogP contribution in [0.2, 0.25) is 0 Å². The topological polar surface area (TPSA) is 26.3 Å². The lowest BCUT2D eigenvalue weighted by atomic mass is 10.1. The minimum atomic E-state index is -0.206. The zero-order chi connectivity index (χ0) is 11.8. The van der Waals surface area contributed by atoms with Gasteiger partial charge in [-0.2, -0.15) is 0 Å². The summed E-state index contributed by atoms with van der Waals surface area (Å²) in [7, 11) is 0. The normalized spacial score (nSPS) is 10.6. The molecule has 0 radical (unpaired) electrons. The first-order chi connectivity index (χ1) is 7.77. The van der Waals surface area contributed by atoms with Crippen LogP contribution in [-0.2, 0) is 15.4 Å². The van der Waals surface area contributed by atoms with E-state index in [0.29, 0.717) is 18.9 Å². The fourth-order valence-corrected chi connectivity index (χ4v) is 1.56. The van der Waals surface area contributed by atoms with Gasteiger partial charge >= 0.3 is 5.97 Å². The summed E-state index contributed by atoms with van der Waals surface area (Å²) in [4.78, 5) is 11.1. The molecule has 0 unspecified atom stereocenters. The predicted octanol–water partition coefficient (Wildman–Crippen LogP) is 3.39. The molecule has 3 heteroatoms. The van der Waals surface area contributed by atoms with Crippen molar-refractivity contribution in [1.29, 1.82) is 0 Å². The summed E-state index contributed by atoms with van der Waals surface area (Å²) in [6.45, 7) is 2.22. The molecule has 0 aromatic heterocycles. The quantitative estimate of drug-likeness (QED) is 0.581. The SMILES string of the molecule is CCOC(=O)CC=Cc1ccccc1CCl. The number of hydrogen-bond acceptors (Lipinski definition) is 2. The first-order valence-corrected chi connectivity index (χ1v) is 5.77. The fraction of sp³-hybridized carbons (Fsp3) is 0.308. The molecule has 0 atom stereocenters. The molecule has 0 spiro atoms. The van der Waals surface area contributed by atoms with Gasteiger partial charge in [0.15, 0.2) is 0 Å². The summed E-state index contributed by atoms with van der Waals surface area (Å²) in [5.41, 5.74) is 2.10. The van der Waals surface area contributed by atoms with Crippen LogP contribution in [0.15, 0.2) is 30.3 Å². The second-order valence-electron chi connectivity index (χ2n) is 3.24. The lowest BCUT2D eigenvalue weighted by molar-refractivity contribution is -0.142. The zero-order valence-corrected chi connectivity index (χ0v) is 10.0. The Kier molecular flexibility index (Phi) is 5.65. The summed E-state index contributed by atoms with van der Waals surface area (Å²) in [5.74, 6) is 0.266. The smallest absolute Gasteiger partial charge is 0.309 e. The van der Waals surface area contributed by atoms with Gasteiger partial charge in [-0.05, 0) is 18.1 Å². The van der Waals surface area contributed by atoms with Crippen LogP contribution in [0.3, 0.4) is 0 Å². The molecular weight excluding hydrogens is 224 g/mol. The summed E-state index contributed by atoms with van der Waals surface area (Å²) in [6, 6.07) is 7.83. The molecule has 1 rings (SSSR count). The number of halogens is 1. The molecule has 0 N–H and O–H groups in total. The van der Waals surface area contributed by atoms with E-state index in [-0.39, 0.29) is 5.97 Å². The van der Waals surface area contributed by atoms with Crippen molar-refractivity contribution >= 4 is 23.6 Å². The van der Waals surface area contributed by atoms with E-state index in [9.17, 15) is 4.79 Å². The average Bonchev–Trinajstić information content (AvgIpc) is 2.30. The molecule has 1 aromatic carbocycles. The number of hydrogen-bond donors (Lipinski definition) is 0. The van der Waals surface area contributed by atoms with Crippen LogP contribution < -0.4 is 0 Å². The van der Waals surface area contributed by atoms with E-state index >= 15 is 0 Å². The molecule has 86 valence electrons. The number of carbonyl (C=O) groups is 1. The third kappa shape index (κ3) is 4.07. The summed E-state index contributed by atoms with van der Waals surface area (Å²) in [6.07, 6.45) is 3.99. The number of alkyl halides is 1. The number of rotatable bonds is 5. The highest BCUT2D eigenvalue weighted by Gasteiger charge is 1.98. The Morgan fingerprint density at radius 1 is 1.44 bits per heavy atom. The van der Waals surface area contributed by atoms with Crippen molar-refractivity contribution in [1.82, 2.24) is 0 Å². The number of esters is 1. The van der Waals surface area contributed by atoms with Gasteiger partial charge in [-0.25, -0.2) is 0 Å². The average molecular weight is 239 g/mol. The molecule has 16 heavy (non-hydrogen) atoms. The van der Waals surface area contributed by atoms with E-state index in [4.69, 9.17) is 16.3 Å². The maximum atomic E-state index is 11.1. The standard InChI is InChI=1S/C13H15ClO2/c1-2-16-13(15)9-5-8-11-6-3-4-7-12(11)10-14/h3-8H,2,9-10H2,1H3. The second-order valence-corrected chi connectivity index (χ2v) is 3.51. The van der Waals surface area contributed by atoms with Crippen molar-refractivity contribution in [2.24, 2.45) is 0 Å². The van der Waals surface area contributed by atoms with E-state index in [2.05, 4.69) is 0 Å². The van der Waals surface area contributed by atoms with E-state index in [1.54, 1.807) is 13.0 Å². The van der Waals surface area contributed by atoms with Crippen LogP contribution in [-0.4, -0.2) is 12.6 Å². The maximum Gasteiger partial charge on any atom is 0.309 e. The molecule has 0 saturated heterocycles. The first kappa shape index (κ1) is 12.8. The van der Waals surface area contributed by atoms with Crippen LogP contribution in [0.4, 0.5) is 0 Å². The number of ether oxygens (including phenoxy) is 1. The molecule has 0 aliphatic heterocycles. The van der Waals surface area contributed by atoms with Crippen molar-refractivity contribution in [3.63, 3.8) is 0 Å². The molecule has 0 fully saturated rings. The summed E-state index contributed by atoms with van der Waals surface area (Å²) in [5, 5.41) is 0. The van der Waals surface area contributed by atoms with Crippen molar-refractivity contribution in [2.45, 2.75) is 19.2 Å². The van der Waals surface area contributed by atoms with Crippen LogP contribution in [0.25, 0.3) is 6.08 Å². The lowest BCUT2D eigenvalue weighted by Gasteiger charge is -2.01. The molecule has 1 aromatic rings. The van der Waals surface area contributed by atoms with Crippen molar-refractivity contribution in [3.8, 4) is 0 Å². The van der Waals surface area contributed by atoms with Gasteiger partial charge in [-0.15, -0.1) is 11.6 Å². The number of benzene rings is 1. The second kappa shape index (κ2) is 7.07. The third-order valence-electron chi connectivity index (χ3n) is 2.09. The highest BCUT2D eigenvalue weighted by atomic mass is 35.5. The Hall–Kier alpha value is -1.28. The molecule has 0 amide bonds. The molecule has 0 aliphatic carbocycles. The van der Waals surface area contributed by atoms with Gasteiger partial charge in [-0.1, -0.05) is 36.4 Å². The Labute approximate surface area is 101 Å². The predicted molar refractivity (Wildman–Crippen MR) is 66.3 cm³/mol. The zero-order valence-electron chi connectivity index (χ0n) is 9.28. The van der Waals surface area contributed by atoms with Crippen LogP contribution >= 0.6 is 11.6 Å². The van der Waals surface area contributed by atoms with Crippen molar-refractivity contribution in [3.05, 3.63) is 41.5 Å². The molecular formula is C13H15ClO2. The minimum Gasteiger partial charge on any atom is -0.466 e. The van der Waals surface area contributed by atoms with Gasteiger partial charge in [0.05, 0.1) is 13.0 Å². The Balaban J connectivity index is 2.58. The van der Waals surface area contributed by atoms with Gasteiger partial charge in [0.1, 0.15) is 0 Å². The Morgan fingerprint density at radius 3 is 2.88 bits per heavy atom. The van der Waals surface area contributed by atoms with Gasteiger partial charge < -0.3 is 4.74 Å². The monoisotopic (exact) mass is 238 g/mol. The molecule has 2 nitrogen and oxygen atoms in total. The van der Waals surface area contributed by atoms with Crippen molar-refractivity contribution in [2.75, 3.05) is 6.61 Å². The molecule has 0 aliphatic rings. The van der Waals surface area contributed by atoms with Crippen molar-refractivity contribution < 1.29 is 9.53 Å². The van der Waals surface area contributed by atoms with Gasteiger partial charge in [0, 0.05) is 5.88 Å².